The molecule has 0 saturated carbocycles. The molecule has 0 bridgehead atoms. The zero-order chi connectivity index (χ0) is 14.5. The van der Waals surface area contributed by atoms with E-state index in [1.165, 1.54) is 12.1 Å². The molecule has 1 saturated heterocycles. The van der Waals surface area contributed by atoms with Crippen molar-refractivity contribution in [1.29, 1.82) is 0 Å². The first-order valence-electron chi connectivity index (χ1n) is 6.66. The Morgan fingerprint density at radius 3 is 2.90 bits per heavy atom. The van der Waals surface area contributed by atoms with Crippen LogP contribution in [-0.2, 0) is 4.79 Å². The van der Waals surface area contributed by atoms with Gasteiger partial charge in [0.1, 0.15) is 17.7 Å². The number of rotatable bonds is 4. The molecule has 3 nitrogen and oxygen atoms in total. The van der Waals surface area contributed by atoms with Crippen molar-refractivity contribution in [3.63, 3.8) is 0 Å². The molecule has 0 radical (unpaired) electrons. The van der Waals surface area contributed by atoms with Crippen LogP contribution in [0.4, 0.5) is 8.78 Å². The maximum Gasteiger partial charge on any atom is 0.320 e. The molecule has 1 unspecified atom stereocenters. The van der Waals surface area contributed by atoms with E-state index < -0.39 is 23.6 Å². The molecule has 2 rings (SSSR count). The Hall–Kier alpha value is -1.75. The lowest BCUT2D eigenvalue weighted by molar-refractivity contribution is -0.144. The molecule has 0 amide bonds. The van der Waals surface area contributed by atoms with Crippen LogP contribution in [-0.4, -0.2) is 35.1 Å². The lowest BCUT2D eigenvalue weighted by Gasteiger charge is -2.31. The van der Waals surface area contributed by atoms with E-state index in [4.69, 9.17) is 5.11 Å². The standard InChI is InChI=1S/C15H17F2NO2/c16-12-7-6-11(13(17)10-12)4-3-9-18-8-2-1-5-14(18)15(19)20/h3-4,6-7,10,14H,1-2,5,8-9H2,(H,19,20)/b4-3+. The number of hydrogen-bond acceptors (Lipinski definition) is 2. The van der Waals surface area contributed by atoms with E-state index in [0.29, 0.717) is 18.5 Å². The summed E-state index contributed by atoms with van der Waals surface area (Å²) in [5.74, 6) is -2.04. The summed E-state index contributed by atoms with van der Waals surface area (Å²) in [6.07, 6.45) is 5.82. The highest BCUT2D eigenvalue weighted by Gasteiger charge is 2.27. The molecule has 1 N–H and O–H groups in total. The first kappa shape index (κ1) is 14.7. The molecule has 20 heavy (non-hydrogen) atoms. The second kappa shape index (κ2) is 6.61. The molecule has 1 fully saturated rings. The average molecular weight is 281 g/mol. The Kier molecular flexibility index (Phi) is 4.84. The molecule has 1 aliphatic heterocycles. The van der Waals surface area contributed by atoms with Crippen LogP contribution in [0, 0.1) is 11.6 Å². The fraction of sp³-hybridized carbons (Fsp3) is 0.400. The molecule has 5 heteroatoms. The van der Waals surface area contributed by atoms with Gasteiger partial charge in [-0.15, -0.1) is 0 Å². The van der Waals surface area contributed by atoms with Crippen molar-refractivity contribution in [1.82, 2.24) is 4.90 Å². The summed E-state index contributed by atoms with van der Waals surface area (Å²) in [5, 5.41) is 9.13. The van der Waals surface area contributed by atoms with Crippen LogP contribution in [0.25, 0.3) is 6.08 Å². The lowest BCUT2D eigenvalue weighted by Crippen LogP contribution is -2.44. The minimum Gasteiger partial charge on any atom is -0.480 e. The Labute approximate surface area is 116 Å². The van der Waals surface area contributed by atoms with Gasteiger partial charge in [-0.05, 0) is 31.5 Å². The van der Waals surface area contributed by atoms with Crippen LogP contribution < -0.4 is 0 Å². The van der Waals surface area contributed by atoms with Crippen molar-refractivity contribution in [3.8, 4) is 0 Å². The van der Waals surface area contributed by atoms with Crippen LogP contribution in [0.1, 0.15) is 24.8 Å². The van der Waals surface area contributed by atoms with Crippen molar-refractivity contribution in [2.75, 3.05) is 13.1 Å². The number of benzene rings is 1. The fourth-order valence-electron chi connectivity index (χ4n) is 2.44. The summed E-state index contributed by atoms with van der Waals surface area (Å²) >= 11 is 0. The molecule has 1 atom stereocenters. The first-order valence-corrected chi connectivity index (χ1v) is 6.66. The number of halogens is 2. The Balaban J connectivity index is 1.99. The van der Waals surface area contributed by atoms with E-state index in [2.05, 4.69) is 0 Å². The van der Waals surface area contributed by atoms with E-state index in [1.54, 1.807) is 12.2 Å². The van der Waals surface area contributed by atoms with Crippen LogP contribution in [0.2, 0.25) is 0 Å². The average Bonchev–Trinajstić information content (AvgIpc) is 2.41. The summed E-state index contributed by atoms with van der Waals surface area (Å²) < 4.78 is 26.2. The Morgan fingerprint density at radius 1 is 1.40 bits per heavy atom. The largest absolute Gasteiger partial charge is 0.480 e. The van der Waals surface area contributed by atoms with Gasteiger partial charge in [0.2, 0.25) is 0 Å². The van der Waals surface area contributed by atoms with E-state index in [0.717, 1.165) is 25.5 Å². The number of likely N-dealkylation sites (tertiary alicyclic amines) is 1. The highest BCUT2D eigenvalue weighted by Crippen LogP contribution is 2.17. The zero-order valence-electron chi connectivity index (χ0n) is 11.1. The van der Waals surface area contributed by atoms with Gasteiger partial charge in [-0.3, -0.25) is 9.69 Å². The van der Waals surface area contributed by atoms with Crippen molar-refractivity contribution in [3.05, 3.63) is 41.5 Å². The minimum absolute atomic E-state index is 0.301. The molecule has 108 valence electrons. The lowest BCUT2D eigenvalue weighted by atomic mass is 10.0. The Morgan fingerprint density at radius 2 is 2.20 bits per heavy atom. The van der Waals surface area contributed by atoms with Crippen LogP contribution in [0.5, 0.6) is 0 Å². The highest BCUT2D eigenvalue weighted by atomic mass is 19.1. The summed E-state index contributed by atoms with van der Waals surface area (Å²) in [7, 11) is 0. The van der Waals surface area contributed by atoms with E-state index in [-0.39, 0.29) is 0 Å². The summed E-state index contributed by atoms with van der Waals surface area (Å²) in [4.78, 5) is 13.0. The Bertz CT molecular complexity index is 517. The number of nitrogens with zero attached hydrogens (tertiary/aromatic N) is 1. The summed E-state index contributed by atoms with van der Waals surface area (Å²) in [6.45, 7) is 1.18. The topological polar surface area (TPSA) is 40.5 Å². The number of hydrogen-bond donors (Lipinski definition) is 1. The van der Waals surface area contributed by atoms with Gasteiger partial charge in [0.15, 0.2) is 0 Å². The van der Waals surface area contributed by atoms with Gasteiger partial charge in [0, 0.05) is 18.2 Å². The third-order valence-electron chi connectivity index (χ3n) is 3.50. The maximum atomic E-state index is 13.4. The van der Waals surface area contributed by atoms with Crippen LogP contribution in [0.15, 0.2) is 24.3 Å². The molecule has 0 spiro atoms. The molecule has 1 aromatic carbocycles. The van der Waals surface area contributed by atoms with Crippen molar-refractivity contribution in [2.24, 2.45) is 0 Å². The van der Waals surface area contributed by atoms with Crippen LogP contribution in [0.3, 0.4) is 0 Å². The second-order valence-electron chi connectivity index (χ2n) is 4.91. The summed E-state index contributed by atoms with van der Waals surface area (Å²) in [6, 6.07) is 2.93. The van der Waals surface area contributed by atoms with Gasteiger partial charge < -0.3 is 5.11 Å². The highest BCUT2D eigenvalue weighted by molar-refractivity contribution is 5.73. The van der Waals surface area contributed by atoms with Crippen molar-refractivity contribution in [2.45, 2.75) is 25.3 Å². The van der Waals surface area contributed by atoms with Crippen LogP contribution >= 0.6 is 0 Å². The van der Waals surface area contributed by atoms with E-state index in [9.17, 15) is 13.6 Å². The normalized spacial score (nSPS) is 20.4. The molecular weight excluding hydrogens is 264 g/mol. The third kappa shape index (κ3) is 3.63. The predicted octanol–water partition coefficient (Wildman–Crippen LogP) is 2.92. The SMILES string of the molecule is O=C(O)C1CCCCN1C/C=C/c1ccc(F)cc1F. The number of carboxylic acids is 1. The third-order valence-corrected chi connectivity index (χ3v) is 3.50. The van der Waals surface area contributed by atoms with Crippen molar-refractivity contribution < 1.29 is 18.7 Å². The maximum absolute atomic E-state index is 13.4. The molecular formula is C15H17F2NO2. The number of carboxylic acid groups (broad SMARTS) is 1. The predicted molar refractivity (Wildman–Crippen MR) is 72.2 cm³/mol. The fourth-order valence-corrected chi connectivity index (χ4v) is 2.44. The molecule has 1 aliphatic rings. The summed E-state index contributed by atoms with van der Waals surface area (Å²) in [5.41, 5.74) is 0.301. The van der Waals surface area contributed by atoms with Gasteiger partial charge in [-0.2, -0.15) is 0 Å². The van der Waals surface area contributed by atoms with Crippen molar-refractivity contribution >= 4 is 12.0 Å². The quantitative estimate of drug-likeness (QED) is 0.922. The van der Waals surface area contributed by atoms with Gasteiger partial charge in [-0.1, -0.05) is 18.6 Å². The molecule has 1 heterocycles. The number of piperidine rings is 1. The first-order chi connectivity index (χ1) is 9.58. The molecule has 0 aromatic heterocycles. The molecule has 1 aromatic rings. The van der Waals surface area contributed by atoms with E-state index in [1.807, 2.05) is 4.90 Å². The van der Waals surface area contributed by atoms with Gasteiger partial charge in [0.05, 0.1) is 0 Å². The number of carbonyl (C=O) groups is 1. The monoisotopic (exact) mass is 281 g/mol. The van der Waals surface area contributed by atoms with Gasteiger partial charge in [-0.25, -0.2) is 8.78 Å². The second-order valence-corrected chi connectivity index (χ2v) is 4.91. The molecule has 0 aliphatic carbocycles. The van der Waals surface area contributed by atoms with Gasteiger partial charge in [0.25, 0.3) is 0 Å². The number of aliphatic carboxylic acids is 1. The smallest absolute Gasteiger partial charge is 0.320 e. The minimum atomic E-state index is -0.814. The van der Waals surface area contributed by atoms with Gasteiger partial charge >= 0.3 is 5.97 Å². The zero-order valence-corrected chi connectivity index (χ0v) is 11.1. The van der Waals surface area contributed by atoms with E-state index >= 15 is 0 Å².